The molecule has 0 aromatic heterocycles. The minimum Gasteiger partial charge on any atom is -0.493 e. The van der Waals surface area contributed by atoms with Crippen molar-refractivity contribution in [1.29, 1.82) is 0 Å². The number of anilines is 1. The number of non-ortho nitro benzene ring substituents is 1. The Bertz CT molecular complexity index is 896. The van der Waals surface area contributed by atoms with E-state index in [1.165, 1.54) is 19.3 Å². The summed E-state index contributed by atoms with van der Waals surface area (Å²) >= 11 is 0. The molecular weight excluding hydrogens is 355 g/mol. The lowest BCUT2D eigenvalue weighted by Gasteiger charge is -2.09. The van der Waals surface area contributed by atoms with Gasteiger partial charge in [-0.05, 0) is 29.8 Å². The molecule has 0 aliphatic heterocycles. The highest BCUT2D eigenvalue weighted by Crippen LogP contribution is 2.28. The van der Waals surface area contributed by atoms with E-state index in [9.17, 15) is 19.3 Å². The van der Waals surface area contributed by atoms with Crippen LogP contribution in [0.25, 0.3) is 6.08 Å². The fraction of sp³-hybridized carbons (Fsp3) is 0.105. The first-order valence-corrected chi connectivity index (χ1v) is 7.79. The molecule has 140 valence electrons. The zero-order chi connectivity index (χ0) is 19.8. The van der Waals surface area contributed by atoms with Crippen LogP contribution in [-0.4, -0.2) is 24.5 Å². The number of ether oxygens (including phenoxy) is 2. The van der Waals surface area contributed by atoms with Gasteiger partial charge in [-0.25, -0.2) is 4.39 Å². The highest BCUT2D eigenvalue weighted by Gasteiger charge is 2.12. The molecule has 0 unspecified atom stereocenters. The number of halogens is 1. The van der Waals surface area contributed by atoms with Crippen molar-refractivity contribution in [3.63, 3.8) is 0 Å². The van der Waals surface area contributed by atoms with E-state index in [1.807, 2.05) is 0 Å². The van der Waals surface area contributed by atoms with Crippen LogP contribution in [0.15, 0.2) is 55.1 Å². The lowest BCUT2D eigenvalue weighted by molar-refractivity contribution is -0.384. The number of nitrogens with one attached hydrogen (secondary N) is 1. The number of nitro groups is 1. The molecule has 7 nitrogen and oxygen atoms in total. The molecule has 2 rings (SSSR count). The fourth-order valence-corrected chi connectivity index (χ4v) is 2.12. The van der Waals surface area contributed by atoms with E-state index in [4.69, 9.17) is 9.47 Å². The number of carbonyl (C=O) groups excluding carboxylic acids is 1. The molecule has 0 heterocycles. The second kappa shape index (κ2) is 9.14. The Morgan fingerprint density at radius 2 is 2.07 bits per heavy atom. The molecule has 1 N–H and O–H groups in total. The summed E-state index contributed by atoms with van der Waals surface area (Å²) < 4.78 is 24.4. The summed E-state index contributed by atoms with van der Waals surface area (Å²) in [6.07, 6.45) is 4.27. The highest BCUT2D eigenvalue weighted by molar-refractivity contribution is 6.02. The quantitative estimate of drug-likeness (QED) is 0.328. The minimum atomic E-state index is -0.771. The van der Waals surface area contributed by atoms with Crippen LogP contribution in [0.5, 0.6) is 11.5 Å². The zero-order valence-corrected chi connectivity index (χ0v) is 14.5. The topological polar surface area (TPSA) is 90.7 Å². The Balaban J connectivity index is 2.11. The number of nitro benzene ring substituents is 1. The van der Waals surface area contributed by atoms with E-state index in [0.29, 0.717) is 23.7 Å². The average Bonchev–Trinajstić information content (AvgIpc) is 2.66. The molecule has 2 aromatic rings. The van der Waals surface area contributed by atoms with Crippen LogP contribution in [0.1, 0.15) is 5.56 Å². The van der Waals surface area contributed by atoms with Gasteiger partial charge >= 0.3 is 0 Å². The third-order valence-corrected chi connectivity index (χ3v) is 3.39. The van der Waals surface area contributed by atoms with Gasteiger partial charge in [-0.1, -0.05) is 18.7 Å². The summed E-state index contributed by atoms with van der Waals surface area (Å²) in [6, 6.07) is 7.94. The number of amides is 1. The van der Waals surface area contributed by atoms with E-state index in [2.05, 4.69) is 11.9 Å². The van der Waals surface area contributed by atoms with Crippen LogP contribution in [0, 0.1) is 15.9 Å². The maximum atomic E-state index is 13.7. The number of methoxy groups -OCH3 is 1. The molecule has 1 amide bonds. The molecular formula is C19H17FN2O5. The smallest absolute Gasteiger partial charge is 0.271 e. The van der Waals surface area contributed by atoms with E-state index in [-0.39, 0.29) is 11.4 Å². The van der Waals surface area contributed by atoms with Gasteiger partial charge in [-0.2, -0.15) is 0 Å². The van der Waals surface area contributed by atoms with Gasteiger partial charge in [0.1, 0.15) is 12.4 Å². The van der Waals surface area contributed by atoms with Crippen LogP contribution in [0.4, 0.5) is 15.8 Å². The first-order valence-electron chi connectivity index (χ1n) is 7.79. The first-order chi connectivity index (χ1) is 12.9. The SMILES string of the molecule is C=CCOc1ccc(/C=C/C(=O)Nc2cc([N+](=O)[O-])ccc2F)cc1OC. The molecule has 0 saturated carbocycles. The van der Waals surface area contributed by atoms with E-state index < -0.39 is 16.6 Å². The number of carbonyl (C=O) groups is 1. The van der Waals surface area contributed by atoms with Gasteiger partial charge in [0.25, 0.3) is 5.69 Å². The largest absolute Gasteiger partial charge is 0.493 e. The van der Waals surface area contributed by atoms with Crippen molar-refractivity contribution in [2.75, 3.05) is 19.0 Å². The molecule has 0 atom stereocenters. The summed E-state index contributed by atoms with van der Waals surface area (Å²) in [5.41, 5.74) is 0.0487. The standard InChI is InChI=1S/C19H17FN2O5/c1-3-10-27-17-8-4-13(11-18(17)26-2)5-9-19(23)21-16-12-14(22(24)25)6-7-15(16)20/h3-9,11-12H,1,10H2,2H3,(H,21,23)/b9-5+. The zero-order valence-electron chi connectivity index (χ0n) is 14.5. The molecule has 27 heavy (non-hydrogen) atoms. The van der Waals surface area contributed by atoms with E-state index in [0.717, 1.165) is 18.2 Å². The minimum absolute atomic E-state index is 0.274. The summed E-state index contributed by atoms with van der Waals surface area (Å²) in [4.78, 5) is 22.1. The molecule has 0 bridgehead atoms. The summed E-state index contributed by atoms with van der Waals surface area (Å²) in [6.45, 7) is 3.89. The van der Waals surface area contributed by atoms with Crippen molar-refractivity contribution in [1.82, 2.24) is 0 Å². The number of hydrogen-bond donors (Lipinski definition) is 1. The third kappa shape index (κ3) is 5.40. The molecule has 0 radical (unpaired) electrons. The van der Waals surface area contributed by atoms with Crippen molar-refractivity contribution >= 4 is 23.4 Å². The Hall–Kier alpha value is -3.68. The van der Waals surface area contributed by atoms with Crippen LogP contribution in [-0.2, 0) is 4.79 Å². The Morgan fingerprint density at radius 3 is 2.74 bits per heavy atom. The average molecular weight is 372 g/mol. The molecule has 0 fully saturated rings. The van der Waals surface area contributed by atoms with Crippen molar-refractivity contribution < 1.29 is 23.6 Å². The number of nitrogens with zero attached hydrogens (tertiary/aromatic N) is 1. The molecule has 8 heteroatoms. The molecule has 0 aliphatic rings. The Kier molecular flexibility index (Phi) is 6.65. The summed E-state index contributed by atoms with van der Waals surface area (Å²) in [5, 5.41) is 13.0. The first kappa shape index (κ1) is 19.6. The summed E-state index contributed by atoms with van der Waals surface area (Å²) in [7, 11) is 1.49. The predicted octanol–water partition coefficient (Wildman–Crippen LogP) is 3.96. The fourth-order valence-electron chi connectivity index (χ4n) is 2.12. The van der Waals surface area contributed by atoms with Gasteiger partial charge in [0, 0.05) is 18.2 Å². The van der Waals surface area contributed by atoms with Crippen LogP contribution < -0.4 is 14.8 Å². The highest BCUT2D eigenvalue weighted by atomic mass is 19.1. The molecule has 0 aliphatic carbocycles. The predicted molar refractivity (Wildman–Crippen MR) is 99.4 cm³/mol. The normalized spacial score (nSPS) is 10.4. The maximum absolute atomic E-state index is 13.7. The van der Waals surface area contributed by atoms with Crippen molar-refractivity contribution in [2.45, 2.75) is 0 Å². The van der Waals surface area contributed by atoms with Gasteiger partial charge in [0.15, 0.2) is 11.5 Å². The third-order valence-electron chi connectivity index (χ3n) is 3.39. The Labute approximate surface area is 154 Å². The van der Waals surface area contributed by atoms with Gasteiger partial charge < -0.3 is 14.8 Å². The molecule has 0 spiro atoms. The monoisotopic (exact) mass is 372 g/mol. The van der Waals surface area contributed by atoms with Gasteiger partial charge in [0.2, 0.25) is 5.91 Å². The number of benzene rings is 2. The lowest BCUT2D eigenvalue weighted by Crippen LogP contribution is -2.09. The number of rotatable bonds is 8. The van der Waals surface area contributed by atoms with Gasteiger partial charge in [-0.3, -0.25) is 14.9 Å². The Morgan fingerprint density at radius 1 is 1.30 bits per heavy atom. The van der Waals surface area contributed by atoms with Crippen molar-refractivity contribution in [3.8, 4) is 11.5 Å². The second-order valence-corrected chi connectivity index (χ2v) is 5.25. The van der Waals surface area contributed by atoms with Crippen LogP contribution >= 0.6 is 0 Å². The second-order valence-electron chi connectivity index (χ2n) is 5.25. The van der Waals surface area contributed by atoms with Crippen LogP contribution in [0.3, 0.4) is 0 Å². The van der Waals surface area contributed by atoms with Crippen molar-refractivity contribution in [3.05, 3.63) is 76.6 Å². The summed E-state index contributed by atoms with van der Waals surface area (Å²) in [5.74, 6) is -0.408. The van der Waals surface area contributed by atoms with E-state index >= 15 is 0 Å². The van der Waals surface area contributed by atoms with Crippen molar-refractivity contribution in [2.24, 2.45) is 0 Å². The molecule has 0 saturated heterocycles. The van der Waals surface area contributed by atoms with Crippen LogP contribution in [0.2, 0.25) is 0 Å². The molecule has 2 aromatic carbocycles. The van der Waals surface area contributed by atoms with Gasteiger partial charge in [-0.15, -0.1) is 0 Å². The van der Waals surface area contributed by atoms with Gasteiger partial charge in [0.05, 0.1) is 17.7 Å². The van der Waals surface area contributed by atoms with E-state index in [1.54, 1.807) is 24.3 Å². The number of hydrogen-bond acceptors (Lipinski definition) is 5. The lowest BCUT2D eigenvalue weighted by atomic mass is 10.2. The maximum Gasteiger partial charge on any atom is 0.271 e.